The zero-order valence-corrected chi connectivity index (χ0v) is 14.7. The zero-order valence-electron chi connectivity index (χ0n) is 14.7. The van der Waals surface area contributed by atoms with Gasteiger partial charge in [0.05, 0.1) is 0 Å². The number of hydrogen-bond acceptors (Lipinski definition) is 2. The smallest absolute Gasteiger partial charge is 0.252 e. The van der Waals surface area contributed by atoms with Crippen LogP contribution in [0.1, 0.15) is 80.1 Å². The van der Waals surface area contributed by atoms with Gasteiger partial charge in [-0.15, -0.1) is 0 Å². The third-order valence-electron chi connectivity index (χ3n) is 6.81. The van der Waals surface area contributed by atoms with Gasteiger partial charge in [-0.25, -0.2) is 0 Å². The number of amides is 1. The maximum absolute atomic E-state index is 12.6. The highest BCUT2D eigenvalue weighted by Crippen LogP contribution is 2.56. The van der Waals surface area contributed by atoms with Gasteiger partial charge in [0, 0.05) is 5.54 Å². The van der Waals surface area contributed by atoms with Gasteiger partial charge in [-0.3, -0.25) is 4.79 Å². The molecule has 0 aromatic rings. The summed E-state index contributed by atoms with van der Waals surface area (Å²) in [7, 11) is 0. The average molecular weight is 295 g/mol. The summed E-state index contributed by atoms with van der Waals surface area (Å²) in [5.74, 6) is 0.526. The molecule has 2 N–H and O–H groups in total. The summed E-state index contributed by atoms with van der Waals surface area (Å²) < 4.78 is 0. The van der Waals surface area contributed by atoms with E-state index >= 15 is 0 Å². The van der Waals surface area contributed by atoms with Crippen molar-refractivity contribution < 1.29 is 9.90 Å². The van der Waals surface area contributed by atoms with Crippen molar-refractivity contribution in [3.63, 3.8) is 0 Å². The molecule has 0 aromatic heterocycles. The Morgan fingerprint density at radius 1 is 1.00 bits per heavy atom. The zero-order chi connectivity index (χ0) is 16.1. The number of nitrogens with one attached hydrogen (secondary N) is 1. The van der Waals surface area contributed by atoms with Gasteiger partial charge in [0.15, 0.2) is 0 Å². The Bertz CT molecular complexity index is 393. The summed E-state index contributed by atoms with van der Waals surface area (Å²) in [4.78, 5) is 12.6. The van der Waals surface area contributed by atoms with Crippen LogP contribution in [-0.4, -0.2) is 22.2 Å². The van der Waals surface area contributed by atoms with E-state index in [2.05, 4.69) is 19.2 Å². The highest BCUT2D eigenvalue weighted by molar-refractivity contribution is 5.86. The van der Waals surface area contributed by atoms with E-state index in [9.17, 15) is 9.90 Å². The molecule has 21 heavy (non-hydrogen) atoms. The van der Waals surface area contributed by atoms with E-state index in [-0.39, 0.29) is 11.4 Å². The van der Waals surface area contributed by atoms with Crippen molar-refractivity contribution in [2.75, 3.05) is 0 Å². The molecule has 3 nitrogen and oxygen atoms in total. The van der Waals surface area contributed by atoms with Crippen molar-refractivity contribution >= 4 is 5.91 Å². The summed E-state index contributed by atoms with van der Waals surface area (Å²) in [6.45, 7) is 12.0. The van der Waals surface area contributed by atoms with Crippen molar-refractivity contribution in [1.82, 2.24) is 5.32 Å². The van der Waals surface area contributed by atoms with Crippen LogP contribution in [0.4, 0.5) is 0 Å². The molecule has 0 radical (unpaired) electrons. The molecule has 2 bridgehead atoms. The fourth-order valence-corrected chi connectivity index (χ4v) is 3.97. The third kappa shape index (κ3) is 2.74. The summed E-state index contributed by atoms with van der Waals surface area (Å²) >= 11 is 0. The Labute approximate surface area is 129 Å². The number of carbonyl (C=O) groups excluding carboxylic acids is 1. The number of rotatable bonds is 3. The molecule has 3 heteroatoms. The van der Waals surface area contributed by atoms with Crippen molar-refractivity contribution in [3.8, 4) is 0 Å². The van der Waals surface area contributed by atoms with Crippen molar-refractivity contribution in [2.45, 2.75) is 91.2 Å². The Kier molecular flexibility index (Phi) is 3.98. The van der Waals surface area contributed by atoms with E-state index in [0.29, 0.717) is 5.41 Å². The molecule has 3 saturated carbocycles. The number of carbonyl (C=O) groups is 1. The van der Waals surface area contributed by atoms with Crippen LogP contribution in [0.3, 0.4) is 0 Å². The van der Waals surface area contributed by atoms with E-state index in [0.717, 1.165) is 25.2 Å². The lowest BCUT2D eigenvalue weighted by Crippen LogP contribution is -2.63. The first-order valence-corrected chi connectivity index (χ1v) is 8.49. The van der Waals surface area contributed by atoms with E-state index in [1.807, 2.05) is 20.8 Å². The standard InChI is InChI=1S/C18H33NO2/c1-13(2)17-7-10-18(11-8-17,12-9-17)19-14(20)16(6,21)15(3,4)5/h13,21H,7-12H2,1-6H3,(H,19,20). The molecule has 3 aliphatic rings. The van der Waals surface area contributed by atoms with Gasteiger partial charge in [-0.1, -0.05) is 34.6 Å². The van der Waals surface area contributed by atoms with Crippen LogP contribution >= 0.6 is 0 Å². The average Bonchev–Trinajstić information content (AvgIpc) is 2.38. The van der Waals surface area contributed by atoms with Crippen LogP contribution in [0.25, 0.3) is 0 Å². The highest BCUT2D eigenvalue weighted by atomic mass is 16.3. The molecule has 1 atom stereocenters. The summed E-state index contributed by atoms with van der Waals surface area (Å²) in [6, 6.07) is 0. The molecule has 0 aromatic carbocycles. The second-order valence-corrected chi connectivity index (χ2v) is 9.07. The third-order valence-corrected chi connectivity index (χ3v) is 6.81. The Morgan fingerprint density at radius 3 is 1.76 bits per heavy atom. The van der Waals surface area contributed by atoms with Crippen LogP contribution in [-0.2, 0) is 4.79 Å². The monoisotopic (exact) mass is 295 g/mol. The first-order valence-electron chi connectivity index (χ1n) is 8.49. The fourth-order valence-electron chi connectivity index (χ4n) is 3.97. The minimum absolute atomic E-state index is 0.0665. The molecular weight excluding hydrogens is 262 g/mol. The molecule has 3 aliphatic carbocycles. The quantitative estimate of drug-likeness (QED) is 0.835. The Morgan fingerprint density at radius 2 is 1.43 bits per heavy atom. The van der Waals surface area contributed by atoms with Gasteiger partial charge >= 0.3 is 0 Å². The molecule has 1 amide bonds. The maximum atomic E-state index is 12.6. The van der Waals surface area contributed by atoms with E-state index < -0.39 is 11.0 Å². The van der Waals surface area contributed by atoms with E-state index in [1.54, 1.807) is 6.92 Å². The minimum atomic E-state index is -1.33. The second-order valence-electron chi connectivity index (χ2n) is 9.07. The molecule has 0 heterocycles. The maximum Gasteiger partial charge on any atom is 0.252 e. The SMILES string of the molecule is CC(C)C12CCC(NC(=O)C(C)(O)C(C)(C)C)(CC1)CC2. The van der Waals surface area contributed by atoms with Gasteiger partial charge in [0.2, 0.25) is 0 Å². The largest absolute Gasteiger partial charge is 0.380 e. The number of hydrogen-bond donors (Lipinski definition) is 2. The molecule has 122 valence electrons. The van der Waals surface area contributed by atoms with Gasteiger partial charge in [-0.2, -0.15) is 0 Å². The summed E-state index contributed by atoms with van der Waals surface area (Å²) in [5, 5.41) is 13.8. The fraction of sp³-hybridized carbons (Fsp3) is 0.944. The van der Waals surface area contributed by atoms with E-state index in [4.69, 9.17) is 0 Å². The van der Waals surface area contributed by atoms with Crippen molar-refractivity contribution in [1.29, 1.82) is 0 Å². The Hall–Kier alpha value is -0.570. The Balaban J connectivity index is 2.08. The van der Waals surface area contributed by atoms with Gasteiger partial charge < -0.3 is 10.4 Å². The van der Waals surface area contributed by atoms with Crippen LogP contribution in [0.5, 0.6) is 0 Å². The lowest BCUT2D eigenvalue weighted by molar-refractivity contribution is -0.153. The lowest BCUT2D eigenvalue weighted by Gasteiger charge is -2.56. The summed E-state index contributed by atoms with van der Waals surface area (Å²) in [6.07, 6.45) is 6.83. The van der Waals surface area contributed by atoms with Crippen molar-refractivity contribution in [2.24, 2.45) is 16.7 Å². The topological polar surface area (TPSA) is 49.3 Å². The normalized spacial score (nSPS) is 35.6. The first-order chi connectivity index (χ1) is 9.44. The van der Waals surface area contributed by atoms with Crippen LogP contribution < -0.4 is 5.32 Å². The molecule has 0 aliphatic heterocycles. The summed E-state index contributed by atoms with van der Waals surface area (Å²) in [5.41, 5.74) is -1.35. The number of fused-ring (bicyclic) bond motifs is 3. The lowest BCUT2D eigenvalue weighted by atomic mass is 9.53. The number of aliphatic hydroxyl groups is 1. The predicted molar refractivity (Wildman–Crippen MR) is 85.9 cm³/mol. The molecule has 1 unspecified atom stereocenters. The first kappa shape index (κ1) is 16.8. The molecular formula is C18H33NO2. The van der Waals surface area contributed by atoms with E-state index in [1.165, 1.54) is 19.3 Å². The van der Waals surface area contributed by atoms with Crippen molar-refractivity contribution in [3.05, 3.63) is 0 Å². The molecule has 3 rings (SSSR count). The van der Waals surface area contributed by atoms with Crippen LogP contribution in [0.2, 0.25) is 0 Å². The van der Waals surface area contributed by atoms with Gasteiger partial charge in [0.1, 0.15) is 5.60 Å². The highest BCUT2D eigenvalue weighted by Gasteiger charge is 2.52. The predicted octanol–water partition coefficient (Wildman–Crippen LogP) is 3.65. The van der Waals surface area contributed by atoms with Gasteiger partial charge in [-0.05, 0) is 62.2 Å². The molecule has 3 fully saturated rings. The second kappa shape index (κ2) is 4.97. The minimum Gasteiger partial charge on any atom is -0.380 e. The van der Waals surface area contributed by atoms with Gasteiger partial charge in [0.25, 0.3) is 5.91 Å². The van der Waals surface area contributed by atoms with Crippen LogP contribution in [0, 0.1) is 16.7 Å². The molecule has 0 saturated heterocycles. The van der Waals surface area contributed by atoms with Crippen LogP contribution in [0.15, 0.2) is 0 Å². The molecule has 0 spiro atoms.